The second-order valence-electron chi connectivity index (χ2n) is 1.71. The van der Waals surface area contributed by atoms with Gasteiger partial charge in [0.25, 0.3) is 0 Å². The van der Waals surface area contributed by atoms with Crippen molar-refractivity contribution in [2.45, 2.75) is 6.42 Å². The van der Waals surface area contributed by atoms with Crippen LogP contribution in [0.2, 0.25) is 0 Å². The monoisotopic (exact) mass is 183 g/mol. The minimum atomic E-state index is -0.981. The molecular formula is C5H10ClNO4. The van der Waals surface area contributed by atoms with E-state index in [9.17, 15) is 9.59 Å². The van der Waals surface area contributed by atoms with Gasteiger partial charge in [0.05, 0.1) is 13.0 Å². The topological polar surface area (TPSA) is 86.6 Å². The van der Waals surface area contributed by atoms with Crippen molar-refractivity contribution >= 4 is 24.3 Å². The van der Waals surface area contributed by atoms with Crippen molar-refractivity contribution in [3.63, 3.8) is 0 Å². The van der Waals surface area contributed by atoms with E-state index in [2.05, 4.69) is 5.32 Å². The molecule has 0 fully saturated rings. The predicted octanol–water partition coefficient (Wildman–Crippen LogP) is -0.443. The summed E-state index contributed by atoms with van der Waals surface area (Å²) in [5.41, 5.74) is 0. The minimum Gasteiger partial charge on any atom is -0.481 e. The smallest absolute Gasteiger partial charge is 0.317 e. The summed E-state index contributed by atoms with van der Waals surface area (Å²) in [5.74, 6) is -1.91. The van der Waals surface area contributed by atoms with Gasteiger partial charge in [0.2, 0.25) is 0 Å². The van der Waals surface area contributed by atoms with Crippen LogP contribution >= 0.6 is 12.4 Å². The first-order valence-electron chi connectivity index (χ1n) is 2.77. The zero-order valence-corrected chi connectivity index (χ0v) is 6.56. The third-order valence-corrected chi connectivity index (χ3v) is 0.792. The Kier molecular flexibility index (Phi) is 8.51. The molecule has 5 nitrogen and oxygen atoms in total. The molecule has 0 saturated carbocycles. The first-order valence-corrected chi connectivity index (χ1v) is 2.77. The molecule has 0 unspecified atom stereocenters. The van der Waals surface area contributed by atoms with Gasteiger partial charge < -0.3 is 15.5 Å². The number of nitrogens with one attached hydrogen (secondary N) is 1. The minimum absolute atomic E-state index is 0. The van der Waals surface area contributed by atoms with Crippen LogP contribution < -0.4 is 5.32 Å². The summed E-state index contributed by atoms with van der Waals surface area (Å²) >= 11 is 0. The number of carboxylic acids is 2. The molecular weight excluding hydrogens is 174 g/mol. The van der Waals surface area contributed by atoms with E-state index in [1.54, 1.807) is 0 Å². The lowest BCUT2D eigenvalue weighted by Crippen LogP contribution is -2.24. The summed E-state index contributed by atoms with van der Waals surface area (Å²) < 4.78 is 0. The Bertz CT molecular complexity index is 122. The molecule has 0 saturated heterocycles. The van der Waals surface area contributed by atoms with Crippen LogP contribution in [-0.2, 0) is 9.59 Å². The predicted molar refractivity (Wildman–Crippen MR) is 40.0 cm³/mol. The Morgan fingerprint density at radius 3 is 2.09 bits per heavy atom. The molecule has 0 aliphatic rings. The SMILES string of the molecule is Cl.O=C(O)CCNCC(=O)O. The van der Waals surface area contributed by atoms with E-state index in [4.69, 9.17) is 10.2 Å². The van der Waals surface area contributed by atoms with E-state index in [-0.39, 0.29) is 31.9 Å². The maximum Gasteiger partial charge on any atom is 0.317 e. The Hall–Kier alpha value is -0.810. The van der Waals surface area contributed by atoms with Crippen molar-refractivity contribution in [2.24, 2.45) is 0 Å². The number of aliphatic carboxylic acids is 2. The number of carboxylic acid groups (broad SMARTS) is 2. The Balaban J connectivity index is 0. The molecule has 11 heavy (non-hydrogen) atoms. The van der Waals surface area contributed by atoms with E-state index >= 15 is 0 Å². The van der Waals surface area contributed by atoms with Crippen molar-refractivity contribution in [2.75, 3.05) is 13.1 Å². The van der Waals surface area contributed by atoms with Crippen molar-refractivity contribution in [3.8, 4) is 0 Å². The van der Waals surface area contributed by atoms with Crippen LogP contribution in [0.3, 0.4) is 0 Å². The van der Waals surface area contributed by atoms with Crippen molar-refractivity contribution < 1.29 is 19.8 Å². The van der Waals surface area contributed by atoms with E-state index in [0.29, 0.717) is 0 Å². The normalized spacial score (nSPS) is 8.36. The van der Waals surface area contributed by atoms with Crippen LogP contribution in [0, 0.1) is 0 Å². The van der Waals surface area contributed by atoms with Crippen molar-refractivity contribution in [1.29, 1.82) is 0 Å². The fourth-order valence-electron chi connectivity index (χ4n) is 0.391. The third kappa shape index (κ3) is 12.4. The highest BCUT2D eigenvalue weighted by Crippen LogP contribution is 1.73. The quantitative estimate of drug-likeness (QED) is 0.503. The second kappa shape index (κ2) is 7.30. The van der Waals surface area contributed by atoms with E-state index in [1.165, 1.54) is 0 Å². The van der Waals surface area contributed by atoms with Crippen LogP contribution in [0.4, 0.5) is 0 Å². The van der Waals surface area contributed by atoms with Gasteiger partial charge in [-0.25, -0.2) is 0 Å². The average molecular weight is 184 g/mol. The maximum absolute atomic E-state index is 9.86. The van der Waals surface area contributed by atoms with Gasteiger partial charge in [-0.05, 0) is 0 Å². The summed E-state index contributed by atoms with van der Waals surface area (Å²) in [7, 11) is 0. The second-order valence-corrected chi connectivity index (χ2v) is 1.71. The Morgan fingerprint density at radius 2 is 1.73 bits per heavy atom. The molecule has 0 rings (SSSR count). The van der Waals surface area contributed by atoms with Crippen molar-refractivity contribution in [1.82, 2.24) is 5.32 Å². The van der Waals surface area contributed by atoms with Gasteiger partial charge in [-0.1, -0.05) is 0 Å². The molecule has 3 N–H and O–H groups in total. The van der Waals surface area contributed by atoms with Gasteiger partial charge >= 0.3 is 11.9 Å². The van der Waals surface area contributed by atoms with Crippen LogP contribution in [0.1, 0.15) is 6.42 Å². The lowest BCUT2D eigenvalue weighted by Gasteiger charge is -1.95. The summed E-state index contributed by atoms with van der Waals surface area (Å²) in [5, 5.41) is 18.6. The third-order valence-electron chi connectivity index (χ3n) is 0.792. The number of halogens is 1. The lowest BCUT2D eigenvalue weighted by atomic mass is 10.4. The number of hydrogen-bond acceptors (Lipinski definition) is 3. The van der Waals surface area contributed by atoms with Crippen LogP contribution in [0.25, 0.3) is 0 Å². The standard InChI is InChI=1S/C5H9NO4.ClH/c7-4(8)1-2-6-3-5(9)10;/h6H,1-3H2,(H,7,8)(H,9,10);1H. The van der Waals surface area contributed by atoms with E-state index in [0.717, 1.165) is 0 Å². The number of rotatable bonds is 5. The van der Waals surface area contributed by atoms with Gasteiger partial charge in [-0.2, -0.15) is 0 Å². The van der Waals surface area contributed by atoms with Gasteiger partial charge in [0, 0.05) is 6.54 Å². The molecule has 0 radical (unpaired) electrons. The molecule has 0 bridgehead atoms. The molecule has 0 amide bonds. The molecule has 0 spiro atoms. The van der Waals surface area contributed by atoms with Crippen LogP contribution in [-0.4, -0.2) is 35.2 Å². The first-order chi connectivity index (χ1) is 4.63. The fraction of sp³-hybridized carbons (Fsp3) is 0.600. The summed E-state index contributed by atoms with van der Waals surface area (Å²) in [6.45, 7) is 0.00884. The van der Waals surface area contributed by atoms with Gasteiger partial charge in [0.1, 0.15) is 0 Å². The van der Waals surface area contributed by atoms with Gasteiger partial charge in [0.15, 0.2) is 0 Å². The molecule has 0 aliphatic heterocycles. The Morgan fingerprint density at radius 1 is 1.18 bits per heavy atom. The van der Waals surface area contributed by atoms with E-state index in [1.807, 2.05) is 0 Å². The number of hydrogen-bond donors (Lipinski definition) is 3. The highest BCUT2D eigenvalue weighted by atomic mass is 35.5. The molecule has 0 aliphatic carbocycles. The molecule has 0 heterocycles. The lowest BCUT2D eigenvalue weighted by molar-refractivity contribution is -0.138. The molecule has 0 atom stereocenters. The summed E-state index contributed by atoms with van der Waals surface area (Å²) in [4.78, 5) is 19.7. The van der Waals surface area contributed by atoms with Gasteiger partial charge in [-0.3, -0.25) is 9.59 Å². The summed E-state index contributed by atoms with van der Waals surface area (Å²) in [6, 6.07) is 0. The molecule has 6 heteroatoms. The fourth-order valence-corrected chi connectivity index (χ4v) is 0.391. The highest BCUT2D eigenvalue weighted by Gasteiger charge is 1.97. The zero-order chi connectivity index (χ0) is 7.98. The molecule has 0 aromatic rings. The molecule has 66 valence electrons. The van der Waals surface area contributed by atoms with Crippen LogP contribution in [0.15, 0.2) is 0 Å². The van der Waals surface area contributed by atoms with Crippen molar-refractivity contribution in [3.05, 3.63) is 0 Å². The molecule has 0 aromatic heterocycles. The van der Waals surface area contributed by atoms with Crippen LogP contribution in [0.5, 0.6) is 0 Å². The summed E-state index contributed by atoms with van der Waals surface area (Å²) in [6.07, 6.45) is -0.0483. The Labute approximate surface area is 69.8 Å². The van der Waals surface area contributed by atoms with E-state index < -0.39 is 11.9 Å². The number of carbonyl (C=O) groups is 2. The van der Waals surface area contributed by atoms with Gasteiger partial charge in [-0.15, -0.1) is 12.4 Å². The first kappa shape index (κ1) is 12.8. The highest BCUT2D eigenvalue weighted by molar-refractivity contribution is 5.85. The largest absolute Gasteiger partial charge is 0.481 e. The zero-order valence-electron chi connectivity index (χ0n) is 5.74. The molecule has 0 aromatic carbocycles. The average Bonchev–Trinajstić information content (AvgIpc) is 1.79. The maximum atomic E-state index is 9.86.